The number of rotatable bonds is 6. The highest BCUT2D eigenvalue weighted by Crippen LogP contribution is 2.17. The smallest absolute Gasteiger partial charge is 0.255 e. The van der Waals surface area contributed by atoms with Crippen molar-refractivity contribution in [3.8, 4) is 0 Å². The summed E-state index contributed by atoms with van der Waals surface area (Å²) in [6.45, 7) is 0. The number of aliphatic hydroxyl groups excluding tert-OH is 1. The molecule has 0 bridgehead atoms. The molecule has 2 aromatic rings. The molecule has 2 rings (SSSR count). The highest BCUT2D eigenvalue weighted by Gasteiger charge is 2.16. The molecule has 18 heavy (non-hydrogen) atoms. The number of thioether (sulfide) groups is 1. The van der Waals surface area contributed by atoms with E-state index in [2.05, 4.69) is 4.98 Å². The van der Waals surface area contributed by atoms with E-state index in [-0.39, 0.29) is 6.04 Å². The molecule has 0 saturated carbocycles. The molecule has 0 radical (unpaired) electrons. The Morgan fingerprint density at radius 1 is 1.33 bits per heavy atom. The molecule has 96 valence electrons. The lowest BCUT2D eigenvalue weighted by molar-refractivity contribution is 0.167. The molecule has 0 saturated heterocycles. The zero-order valence-electron chi connectivity index (χ0n) is 9.90. The Bertz CT molecular complexity index is 447. The van der Waals surface area contributed by atoms with Crippen LogP contribution >= 0.6 is 11.8 Å². The van der Waals surface area contributed by atoms with Crippen molar-refractivity contribution in [1.29, 1.82) is 0 Å². The number of aromatic nitrogens is 1. The highest BCUT2D eigenvalue weighted by molar-refractivity contribution is 7.99. The van der Waals surface area contributed by atoms with Crippen LogP contribution in [-0.4, -0.2) is 28.0 Å². The lowest BCUT2D eigenvalue weighted by atomic mass is 10.0. The Balaban J connectivity index is 1.80. The molecule has 2 atom stereocenters. The molecule has 0 aliphatic rings. The molecule has 1 aromatic carbocycles. The van der Waals surface area contributed by atoms with Gasteiger partial charge in [0.1, 0.15) is 6.26 Å². The van der Waals surface area contributed by atoms with Crippen molar-refractivity contribution in [3.05, 3.63) is 48.4 Å². The molecular weight excluding hydrogens is 248 g/mol. The number of oxazole rings is 1. The lowest BCUT2D eigenvalue weighted by Gasteiger charge is -2.17. The van der Waals surface area contributed by atoms with Gasteiger partial charge in [0.25, 0.3) is 5.22 Å². The first kappa shape index (κ1) is 13.1. The molecular formula is C13H16N2O2S. The summed E-state index contributed by atoms with van der Waals surface area (Å²) in [5.74, 6) is 0.481. The van der Waals surface area contributed by atoms with Gasteiger partial charge >= 0.3 is 0 Å². The maximum absolute atomic E-state index is 9.96. The van der Waals surface area contributed by atoms with E-state index in [9.17, 15) is 5.11 Å². The van der Waals surface area contributed by atoms with E-state index >= 15 is 0 Å². The van der Waals surface area contributed by atoms with Crippen molar-refractivity contribution in [2.75, 3.05) is 5.75 Å². The second-order valence-corrected chi connectivity index (χ2v) is 5.00. The van der Waals surface area contributed by atoms with Gasteiger partial charge in [-0.25, -0.2) is 4.98 Å². The van der Waals surface area contributed by atoms with Gasteiger partial charge in [0, 0.05) is 11.8 Å². The fraction of sp³-hybridized carbons (Fsp3) is 0.308. The SMILES string of the molecule is NC(Cc1ccccc1)C(O)CSc1ncco1. The minimum absolute atomic E-state index is 0.283. The zero-order valence-corrected chi connectivity index (χ0v) is 10.7. The van der Waals surface area contributed by atoms with Crippen molar-refractivity contribution in [1.82, 2.24) is 4.98 Å². The average molecular weight is 264 g/mol. The molecule has 0 fully saturated rings. The third-order valence-electron chi connectivity index (χ3n) is 2.60. The summed E-state index contributed by atoms with van der Waals surface area (Å²) >= 11 is 1.37. The van der Waals surface area contributed by atoms with Crippen molar-refractivity contribution in [2.45, 2.75) is 23.8 Å². The van der Waals surface area contributed by atoms with Gasteiger partial charge < -0.3 is 15.3 Å². The third-order valence-corrected chi connectivity index (χ3v) is 3.55. The number of hydrogen-bond donors (Lipinski definition) is 2. The largest absolute Gasteiger partial charge is 0.440 e. The minimum atomic E-state index is -0.581. The van der Waals surface area contributed by atoms with Crippen molar-refractivity contribution >= 4 is 11.8 Å². The molecule has 4 nitrogen and oxygen atoms in total. The topological polar surface area (TPSA) is 72.3 Å². The monoisotopic (exact) mass is 264 g/mol. The summed E-state index contributed by atoms with van der Waals surface area (Å²) in [6, 6.07) is 9.63. The van der Waals surface area contributed by atoms with Gasteiger partial charge in [-0.1, -0.05) is 42.1 Å². The van der Waals surface area contributed by atoms with Crippen LogP contribution in [0.25, 0.3) is 0 Å². The molecule has 5 heteroatoms. The van der Waals surface area contributed by atoms with Crippen LogP contribution in [0.1, 0.15) is 5.56 Å². The van der Waals surface area contributed by atoms with Crippen LogP contribution < -0.4 is 5.73 Å². The second-order valence-electron chi connectivity index (χ2n) is 4.03. The summed E-state index contributed by atoms with van der Waals surface area (Å²) in [4.78, 5) is 3.98. The van der Waals surface area contributed by atoms with Gasteiger partial charge in [-0.05, 0) is 12.0 Å². The number of nitrogens with zero attached hydrogens (tertiary/aromatic N) is 1. The normalized spacial score (nSPS) is 14.3. The fourth-order valence-electron chi connectivity index (χ4n) is 1.58. The van der Waals surface area contributed by atoms with Crippen LogP contribution in [-0.2, 0) is 6.42 Å². The maximum Gasteiger partial charge on any atom is 0.255 e. The van der Waals surface area contributed by atoms with E-state index < -0.39 is 6.10 Å². The molecule has 3 N–H and O–H groups in total. The van der Waals surface area contributed by atoms with Gasteiger partial charge in [-0.3, -0.25) is 0 Å². The molecule has 2 unspecified atom stereocenters. The molecule has 0 spiro atoms. The number of benzene rings is 1. The van der Waals surface area contributed by atoms with E-state index in [1.807, 2.05) is 30.3 Å². The van der Waals surface area contributed by atoms with Crippen LogP contribution in [0.3, 0.4) is 0 Å². The first-order valence-electron chi connectivity index (χ1n) is 5.75. The van der Waals surface area contributed by atoms with Crippen LogP contribution in [0.15, 0.2) is 52.4 Å². The Labute approximate surface area is 110 Å². The number of hydrogen-bond acceptors (Lipinski definition) is 5. The Morgan fingerprint density at radius 2 is 2.11 bits per heavy atom. The first-order valence-corrected chi connectivity index (χ1v) is 6.74. The first-order chi connectivity index (χ1) is 8.75. The van der Waals surface area contributed by atoms with Crippen LogP contribution in [0.2, 0.25) is 0 Å². The molecule has 1 aromatic heterocycles. The lowest BCUT2D eigenvalue weighted by Crippen LogP contribution is -2.38. The second kappa shape index (κ2) is 6.58. The predicted octanol–water partition coefficient (Wildman–Crippen LogP) is 1.70. The van der Waals surface area contributed by atoms with Crippen molar-refractivity contribution in [3.63, 3.8) is 0 Å². The van der Waals surface area contributed by atoms with Gasteiger partial charge in [-0.2, -0.15) is 0 Å². The van der Waals surface area contributed by atoms with Crippen molar-refractivity contribution in [2.24, 2.45) is 5.73 Å². The highest BCUT2D eigenvalue weighted by atomic mass is 32.2. The minimum Gasteiger partial charge on any atom is -0.440 e. The summed E-state index contributed by atoms with van der Waals surface area (Å²) in [5, 5.41) is 10.5. The zero-order chi connectivity index (χ0) is 12.8. The Morgan fingerprint density at radius 3 is 2.78 bits per heavy atom. The molecule has 1 heterocycles. The van der Waals surface area contributed by atoms with E-state index in [1.54, 1.807) is 6.20 Å². The number of aliphatic hydroxyl groups is 1. The van der Waals surface area contributed by atoms with Gasteiger partial charge in [-0.15, -0.1) is 0 Å². The average Bonchev–Trinajstić information content (AvgIpc) is 2.90. The third kappa shape index (κ3) is 3.87. The standard InChI is InChI=1S/C13H16N2O2S/c14-11(8-10-4-2-1-3-5-10)12(16)9-18-13-15-6-7-17-13/h1-7,11-12,16H,8-9,14H2. The number of nitrogens with two attached hydrogens (primary N) is 1. The Kier molecular flexibility index (Phi) is 4.81. The van der Waals surface area contributed by atoms with Gasteiger partial charge in [0.2, 0.25) is 0 Å². The predicted molar refractivity (Wildman–Crippen MR) is 71.4 cm³/mol. The molecule has 0 aliphatic carbocycles. The van der Waals surface area contributed by atoms with Gasteiger partial charge in [0.05, 0.1) is 12.3 Å². The van der Waals surface area contributed by atoms with Crippen LogP contribution in [0, 0.1) is 0 Å². The van der Waals surface area contributed by atoms with Crippen LogP contribution in [0.4, 0.5) is 0 Å². The quantitative estimate of drug-likeness (QED) is 0.777. The maximum atomic E-state index is 9.96. The van der Waals surface area contributed by atoms with E-state index in [1.165, 1.54) is 18.0 Å². The van der Waals surface area contributed by atoms with Crippen LogP contribution in [0.5, 0.6) is 0 Å². The summed E-state index contributed by atoms with van der Waals surface area (Å²) in [6.07, 6.45) is 3.17. The Hall–Kier alpha value is -1.30. The van der Waals surface area contributed by atoms with E-state index in [0.29, 0.717) is 17.4 Å². The summed E-state index contributed by atoms with van der Waals surface area (Å²) in [5.41, 5.74) is 7.10. The van der Waals surface area contributed by atoms with Crippen molar-refractivity contribution < 1.29 is 9.52 Å². The molecule has 0 amide bonds. The van der Waals surface area contributed by atoms with E-state index in [4.69, 9.17) is 10.2 Å². The fourth-order valence-corrected chi connectivity index (χ4v) is 2.40. The summed E-state index contributed by atoms with van der Waals surface area (Å²) in [7, 11) is 0. The molecule has 0 aliphatic heterocycles. The van der Waals surface area contributed by atoms with Gasteiger partial charge in [0.15, 0.2) is 0 Å². The summed E-state index contributed by atoms with van der Waals surface area (Å²) < 4.78 is 5.08. The van der Waals surface area contributed by atoms with E-state index in [0.717, 1.165) is 5.56 Å².